The van der Waals surface area contributed by atoms with Gasteiger partial charge < -0.3 is 9.47 Å². The molecule has 94 valence electrons. The van der Waals surface area contributed by atoms with E-state index >= 15 is 0 Å². The van der Waals surface area contributed by atoms with Gasteiger partial charge in [0.05, 0.1) is 0 Å². The quantitative estimate of drug-likeness (QED) is 0.711. The van der Waals surface area contributed by atoms with Crippen LogP contribution in [0.4, 0.5) is 0 Å². The number of hydrogen-bond donors (Lipinski definition) is 0. The molecule has 0 aromatic heterocycles. The van der Waals surface area contributed by atoms with E-state index in [2.05, 4.69) is 31.9 Å². The molecule has 0 fully saturated rings. The van der Waals surface area contributed by atoms with Crippen molar-refractivity contribution in [1.29, 1.82) is 0 Å². The Morgan fingerprint density at radius 2 is 1.17 bits per heavy atom. The van der Waals surface area contributed by atoms with Gasteiger partial charge in [-0.3, -0.25) is 0 Å². The zero-order valence-corrected chi connectivity index (χ0v) is 12.8. The van der Waals surface area contributed by atoms with Crippen molar-refractivity contribution in [2.24, 2.45) is 0 Å². The van der Waals surface area contributed by atoms with Crippen LogP contribution >= 0.6 is 31.9 Å². The van der Waals surface area contributed by atoms with E-state index in [4.69, 9.17) is 9.47 Å². The van der Waals surface area contributed by atoms with Crippen LogP contribution in [0.2, 0.25) is 0 Å². The SMILES string of the molecule is Brc1cccc(OCCOc2cccc(Br)c2)c1. The largest absolute Gasteiger partial charge is 0.490 e. The maximum Gasteiger partial charge on any atom is 0.122 e. The van der Waals surface area contributed by atoms with Crippen LogP contribution in [0.15, 0.2) is 57.5 Å². The van der Waals surface area contributed by atoms with E-state index in [1.165, 1.54) is 0 Å². The third-order valence-electron chi connectivity index (χ3n) is 2.21. The normalized spacial score (nSPS) is 10.1. The maximum absolute atomic E-state index is 5.57. The number of ether oxygens (including phenoxy) is 2. The Balaban J connectivity index is 1.76. The van der Waals surface area contributed by atoms with Crippen LogP contribution in [0, 0.1) is 0 Å². The number of halogens is 2. The molecule has 2 nitrogen and oxygen atoms in total. The van der Waals surface area contributed by atoms with E-state index in [1.807, 2.05) is 48.5 Å². The van der Waals surface area contributed by atoms with Gasteiger partial charge in [0, 0.05) is 8.95 Å². The van der Waals surface area contributed by atoms with Gasteiger partial charge in [-0.2, -0.15) is 0 Å². The number of hydrogen-bond acceptors (Lipinski definition) is 2. The first-order chi connectivity index (χ1) is 8.74. The Bertz CT molecular complexity index is 467. The van der Waals surface area contributed by atoms with Crippen LogP contribution in [0.1, 0.15) is 0 Å². The highest BCUT2D eigenvalue weighted by Crippen LogP contribution is 2.19. The third kappa shape index (κ3) is 4.35. The Hall–Kier alpha value is -1.00. The lowest BCUT2D eigenvalue weighted by molar-refractivity contribution is 0.217. The molecule has 0 atom stereocenters. The first-order valence-electron chi connectivity index (χ1n) is 5.51. The van der Waals surface area contributed by atoms with Gasteiger partial charge in [-0.15, -0.1) is 0 Å². The molecule has 0 radical (unpaired) electrons. The van der Waals surface area contributed by atoms with Gasteiger partial charge in [-0.1, -0.05) is 44.0 Å². The molecule has 0 bridgehead atoms. The number of benzene rings is 2. The van der Waals surface area contributed by atoms with Crippen LogP contribution in [-0.2, 0) is 0 Å². The van der Waals surface area contributed by atoms with Crippen molar-refractivity contribution in [1.82, 2.24) is 0 Å². The summed E-state index contributed by atoms with van der Waals surface area (Å²) in [5.74, 6) is 1.67. The summed E-state index contributed by atoms with van der Waals surface area (Å²) in [5, 5.41) is 0. The second kappa shape index (κ2) is 6.81. The summed E-state index contributed by atoms with van der Waals surface area (Å²) in [6, 6.07) is 15.5. The molecular weight excluding hydrogens is 360 g/mol. The van der Waals surface area contributed by atoms with Crippen molar-refractivity contribution < 1.29 is 9.47 Å². The van der Waals surface area contributed by atoms with E-state index in [-0.39, 0.29) is 0 Å². The lowest BCUT2D eigenvalue weighted by atomic mass is 10.3. The highest BCUT2D eigenvalue weighted by Gasteiger charge is 1.97. The Kier molecular flexibility index (Phi) is 5.08. The van der Waals surface area contributed by atoms with Crippen molar-refractivity contribution in [2.45, 2.75) is 0 Å². The summed E-state index contributed by atoms with van der Waals surface area (Å²) >= 11 is 6.80. The molecule has 0 saturated heterocycles. The fourth-order valence-corrected chi connectivity index (χ4v) is 2.19. The molecule has 0 aliphatic carbocycles. The smallest absolute Gasteiger partial charge is 0.122 e. The molecule has 4 heteroatoms. The zero-order valence-electron chi connectivity index (χ0n) is 9.61. The summed E-state index contributed by atoms with van der Waals surface area (Å²) in [4.78, 5) is 0. The van der Waals surface area contributed by atoms with Crippen LogP contribution in [0.3, 0.4) is 0 Å². The fraction of sp³-hybridized carbons (Fsp3) is 0.143. The minimum atomic E-state index is 0.517. The first-order valence-corrected chi connectivity index (χ1v) is 7.09. The van der Waals surface area contributed by atoms with Gasteiger partial charge in [-0.05, 0) is 36.4 Å². The molecule has 0 heterocycles. The Labute approximate surface area is 123 Å². The molecular formula is C14H12Br2O2. The Morgan fingerprint density at radius 1 is 0.722 bits per heavy atom. The van der Waals surface area contributed by atoms with E-state index < -0.39 is 0 Å². The van der Waals surface area contributed by atoms with Gasteiger partial charge in [0.25, 0.3) is 0 Å². The molecule has 0 spiro atoms. The van der Waals surface area contributed by atoms with Crippen molar-refractivity contribution in [3.8, 4) is 11.5 Å². The van der Waals surface area contributed by atoms with Crippen LogP contribution in [0.5, 0.6) is 11.5 Å². The molecule has 0 N–H and O–H groups in total. The minimum absolute atomic E-state index is 0.517. The van der Waals surface area contributed by atoms with Gasteiger partial charge in [0.15, 0.2) is 0 Å². The third-order valence-corrected chi connectivity index (χ3v) is 3.20. The minimum Gasteiger partial charge on any atom is -0.490 e. The molecule has 2 aromatic carbocycles. The van der Waals surface area contributed by atoms with Crippen LogP contribution in [-0.4, -0.2) is 13.2 Å². The second-order valence-electron chi connectivity index (χ2n) is 3.61. The average molecular weight is 372 g/mol. The van der Waals surface area contributed by atoms with Gasteiger partial charge in [0.1, 0.15) is 24.7 Å². The van der Waals surface area contributed by atoms with E-state index in [1.54, 1.807) is 0 Å². The molecule has 0 saturated carbocycles. The predicted octanol–water partition coefficient (Wildman–Crippen LogP) is 4.67. The lowest BCUT2D eigenvalue weighted by Crippen LogP contribution is -2.08. The Morgan fingerprint density at radius 3 is 1.56 bits per heavy atom. The fourth-order valence-electron chi connectivity index (χ4n) is 1.43. The lowest BCUT2D eigenvalue weighted by Gasteiger charge is -2.08. The molecule has 0 aliphatic heterocycles. The number of rotatable bonds is 5. The molecule has 18 heavy (non-hydrogen) atoms. The molecule has 0 unspecified atom stereocenters. The highest BCUT2D eigenvalue weighted by molar-refractivity contribution is 9.10. The highest BCUT2D eigenvalue weighted by atomic mass is 79.9. The van der Waals surface area contributed by atoms with Crippen LogP contribution < -0.4 is 9.47 Å². The van der Waals surface area contributed by atoms with Gasteiger partial charge >= 0.3 is 0 Å². The maximum atomic E-state index is 5.57. The summed E-state index contributed by atoms with van der Waals surface area (Å²) < 4.78 is 13.2. The summed E-state index contributed by atoms with van der Waals surface area (Å²) in [6.07, 6.45) is 0. The van der Waals surface area contributed by atoms with E-state index in [0.29, 0.717) is 13.2 Å². The molecule has 0 amide bonds. The van der Waals surface area contributed by atoms with Crippen molar-refractivity contribution in [3.63, 3.8) is 0 Å². The van der Waals surface area contributed by atoms with Crippen molar-refractivity contribution >= 4 is 31.9 Å². The molecule has 2 aromatic rings. The van der Waals surface area contributed by atoms with Crippen LogP contribution in [0.25, 0.3) is 0 Å². The summed E-state index contributed by atoms with van der Waals surface area (Å²) in [5.41, 5.74) is 0. The van der Waals surface area contributed by atoms with Crippen molar-refractivity contribution in [3.05, 3.63) is 57.5 Å². The molecule has 0 aliphatic rings. The average Bonchev–Trinajstić information content (AvgIpc) is 2.35. The topological polar surface area (TPSA) is 18.5 Å². The van der Waals surface area contributed by atoms with E-state index in [0.717, 1.165) is 20.4 Å². The van der Waals surface area contributed by atoms with Gasteiger partial charge in [0.2, 0.25) is 0 Å². The first kappa shape index (κ1) is 13.4. The zero-order chi connectivity index (χ0) is 12.8. The van der Waals surface area contributed by atoms with Gasteiger partial charge in [-0.25, -0.2) is 0 Å². The molecule has 2 rings (SSSR count). The standard InChI is InChI=1S/C14H12Br2O2/c15-11-3-1-5-13(9-11)17-7-8-18-14-6-2-4-12(16)10-14/h1-6,9-10H,7-8H2. The summed E-state index contributed by atoms with van der Waals surface area (Å²) in [7, 11) is 0. The predicted molar refractivity (Wildman–Crippen MR) is 79.3 cm³/mol. The monoisotopic (exact) mass is 370 g/mol. The summed E-state index contributed by atoms with van der Waals surface area (Å²) in [6.45, 7) is 1.03. The second-order valence-corrected chi connectivity index (χ2v) is 5.44. The van der Waals surface area contributed by atoms with Crippen molar-refractivity contribution in [2.75, 3.05) is 13.2 Å². The van der Waals surface area contributed by atoms with E-state index in [9.17, 15) is 0 Å².